The lowest BCUT2D eigenvalue weighted by Gasteiger charge is -2.25. The maximum absolute atomic E-state index is 10.5. The third kappa shape index (κ3) is 5.60. The SMILES string of the molecule is Cc1ccccc1Cn1cccc1CN(CC(O)COCc1ccco1)C1CC1. The first-order chi connectivity index (χ1) is 14.2. The average molecular weight is 395 g/mol. The molecule has 5 heteroatoms. The van der Waals surface area contributed by atoms with Crippen LogP contribution in [0.5, 0.6) is 0 Å². The van der Waals surface area contributed by atoms with Gasteiger partial charge in [0, 0.05) is 37.6 Å². The molecule has 4 rings (SSSR count). The molecule has 3 aromatic rings. The molecule has 1 atom stereocenters. The maximum atomic E-state index is 10.5. The quantitative estimate of drug-likeness (QED) is 0.534. The first-order valence-corrected chi connectivity index (χ1v) is 10.4. The molecule has 154 valence electrons. The van der Waals surface area contributed by atoms with E-state index in [0.717, 1.165) is 18.8 Å². The summed E-state index contributed by atoms with van der Waals surface area (Å²) in [5.74, 6) is 0.783. The van der Waals surface area contributed by atoms with Gasteiger partial charge in [0.25, 0.3) is 0 Å². The van der Waals surface area contributed by atoms with Gasteiger partial charge >= 0.3 is 0 Å². The molecule has 0 amide bonds. The molecule has 0 aliphatic heterocycles. The van der Waals surface area contributed by atoms with Gasteiger partial charge in [0.1, 0.15) is 12.4 Å². The minimum Gasteiger partial charge on any atom is -0.467 e. The molecular weight excluding hydrogens is 364 g/mol. The lowest BCUT2D eigenvalue weighted by molar-refractivity contribution is 0.00216. The third-order valence-electron chi connectivity index (χ3n) is 5.53. The zero-order chi connectivity index (χ0) is 20.1. The summed E-state index contributed by atoms with van der Waals surface area (Å²) in [5, 5.41) is 10.5. The van der Waals surface area contributed by atoms with Crippen LogP contribution in [0.1, 0.15) is 35.4 Å². The highest BCUT2D eigenvalue weighted by molar-refractivity contribution is 5.26. The summed E-state index contributed by atoms with van der Waals surface area (Å²) in [7, 11) is 0. The minimum absolute atomic E-state index is 0.314. The van der Waals surface area contributed by atoms with Crippen LogP contribution in [0, 0.1) is 6.92 Å². The van der Waals surface area contributed by atoms with Crippen molar-refractivity contribution in [3.8, 4) is 0 Å². The van der Waals surface area contributed by atoms with E-state index in [1.807, 2.05) is 12.1 Å². The Labute approximate surface area is 172 Å². The highest BCUT2D eigenvalue weighted by Crippen LogP contribution is 2.29. The van der Waals surface area contributed by atoms with Crippen molar-refractivity contribution in [2.75, 3.05) is 13.2 Å². The van der Waals surface area contributed by atoms with Crippen molar-refractivity contribution >= 4 is 0 Å². The fourth-order valence-corrected chi connectivity index (χ4v) is 3.72. The first kappa shape index (κ1) is 20.0. The molecule has 0 spiro atoms. The fraction of sp³-hybridized carbons (Fsp3) is 0.417. The molecule has 1 N–H and O–H groups in total. The number of hydrogen-bond acceptors (Lipinski definition) is 4. The zero-order valence-electron chi connectivity index (χ0n) is 17.0. The lowest BCUT2D eigenvalue weighted by Crippen LogP contribution is -2.36. The van der Waals surface area contributed by atoms with E-state index < -0.39 is 6.10 Å². The van der Waals surface area contributed by atoms with E-state index in [9.17, 15) is 5.11 Å². The molecule has 1 aliphatic carbocycles. The molecular formula is C24H30N2O3. The first-order valence-electron chi connectivity index (χ1n) is 10.4. The largest absolute Gasteiger partial charge is 0.467 e. The van der Waals surface area contributed by atoms with Crippen molar-refractivity contribution in [2.45, 2.75) is 51.6 Å². The molecule has 1 saturated carbocycles. The summed E-state index contributed by atoms with van der Waals surface area (Å²) >= 11 is 0. The number of aryl methyl sites for hydroxylation is 1. The normalized spacial score (nSPS) is 15.1. The summed E-state index contributed by atoms with van der Waals surface area (Å²) in [6.45, 7) is 5.22. The van der Waals surface area contributed by atoms with Crippen LogP contribution in [0.4, 0.5) is 0 Å². The van der Waals surface area contributed by atoms with E-state index in [1.54, 1.807) is 6.26 Å². The number of ether oxygens (including phenoxy) is 1. The molecule has 0 saturated heterocycles. The van der Waals surface area contributed by atoms with Crippen molar-refractivity contribution in [1.82, 2.24) is 9.47 Å². The number of nitrogens with zero attached hydrogens (tertiary/aromatic N) is 2. The molecule has 0 bridgehead atoms. The van der Waals surface area contributed by atoms with E-state index in [4.69, 9.17) is 9.15 Å². The maximum Gasteiger partial charge on any atom is 0.129 e. The van der Waals surface area contributed by atoms with Crippen LogP contribution < -0.4 is 0 Å². The predicted molar refractivity (Wildman–Crippen MR) is 113 cm³/mol. The zero-order valence-corrected chi connectivity index (χ0v) is 17.0. The van der Waals surface area contributed by atoms with Crippen LogP contribution in [0.25, 0.3) is 0 Å². The Morgan fingerprint density at radius 2 is 2.03 bits per heavy atom. The van der Waals surface area contributed by atoms with Crippen LogP contribution in [0.3, 0.4) is 0 Å². The number of aromatic nitrogens is 1. The van der Waals surface area contributed by atoms with Crippen LogP contribution in [-0.4, -0.2) is 39.9 Å². The monoisotopic (exact) mass is 394 g/mol. The van der Waals surface area contributed by atoms with Crippen molar-refractivity contribution in [1.29, 1.82) is 0 Å². The van der Waals surface area contributed by atoms with Crippen LogP contribution >= 0.6 is 0 Å². The second-order valence-electron chi connectivity index (χ2n) is 7.96. The lowest BCUT2D eigenvalue weighted by atomic mass is 10.1. The molecule has 2 heterocycles. The van der Waals surface area contributed by atoms with Crippen LogP contribution in [0.15, 0.2) is 65.4 Å². The van der Waals surface area contributed by atoms with E-state index in [-0.39, 0.29) is 0 Å². The van der Waals surface area contributed by atoms with E-state index >= 15 is 0 Å². The number of benzene rings is 1. The summed E-state index contributed by atoms with van der Waals surface area (Å²) in [6.07, 6.45) is 5.69. The Balaban J connectivity index is 1.33. The van der Waals surface area contributed by atoms with Crippen molar-refractivity contribution < 1.29 is 14.3 Å². The highest BCUT2D eigenvalue weighted by atomic mass is 16.5. The number of aliphatic hydroxyl groups is 1. The molecule has 0 radical (unpaired) electrons. The Bertz CT molecular complexity index is 883. The van der Waals surface area contributed by atoms with Crippen molar-refractivity contribution in [3.05, 3.63) is 83.6 Å². The van der Waals surface area contributed by atoms with Gasteiger partial charge in [0.05, 0.1) is 19.0 Å². The summed E-state index contributed by atoms with van der Waals surface area (Å²) in [5.41, 5.74) is 3.94. The Morgan fingerprint density at radius 1 is 1.17 bits per heavy atom. The minimum atomic E-state index is -0.509. The molecule has 29 heavy (non-hydrogen) atoms. The van der Waals surface area contributed by atoms with Gasteiger partial charge in [-0.05, 0) is 55.2 Å². The molecule has 1 aromatic carbocycles. The molecule has 2 aromatic heterocycles. The second-order valence-corrected chi connectivity index (χ2v) is 7.96. The fourth-order valence-electron chi connectivity index (χ4n) is 3.72. The van der Waals surface area contributed by atoms with Gasteiger partial charge in [-0.2, -0.15) is 0 Å². The average Bonchev–Trinajstić information content (AvgIpc) is 3.26. The topological polar surface area (TPSA) is 50.8 Å². The Morgan fingerprint density at radius 3 is 2.79 bits per heavy atom. The van der Waals surface area contributed by atoms with Crippen LogP contribution in [0.2, 0.25) is 0 Å². The summed E-state index contributed by atoms with van der Waals surface area (Å²) in [6, 6.07) is 17.1. The molecule has 5 nitrogen and oxygen atoms in total. The molecule has 1 unspecified atom stereocenters. The van der Waals surface area contributed by atoms with Gasteiger partial charge in [-0.1, -0.05) is 24.3 Å². The van der Waals surface area contributed by atoms with E-state index in [0.29, 0.717) is 25.8 Å². The smallest absolute Gasteiger partial charge is 0.129 e. The van der Waals surface area contributed by atoms with Gasteiger partial charge in [-0.15, -0.1) is 0 Å². The van der Waals surface area contributed by atoms with Crippen molar-refractivity contribution in [2.24, 2.45) is 0 Å². The molecule has 1 fully saturated rings. The second kappa shape index (κ2) is 9.44. The van der Waals surface area contributed by atoms with Crippen LogP contribution in [-0.2, 0) is 24.4 Å². The molecule has 1 aliphatic rings. The number of rotatable bonds is 11. The van der Waals surface area contributed by atoms with Gasteiger partial charge in [-0.25, -0.2) is 0 Å². The predicted octanol–water partition coefficient (Wildman–Crippen LogP) is 3.98. The van der Waals surface area contributed by atoms with Gasteiger partial charge in [0.2, 0.25) is 0 Å². The van der Waals surface area contributed by atoms with E-state index in [2.05, 4.69) is 59.0 Å². The standard InChI is InChI=1S/C24H30N2O3/c1-19-6-2-3-7-20(19)14-25-12-4-8-22(25)15-26(21-10-11-21)16-23(27)17-28-18-24-9-5-13-29-24/h2-9,12-13,21,23,27H,10-11,14-18H2,1H3. The Hall–Kier alpha value is -2.34. The summed E-state index contributed by atoms with van der Waals surface area (Å²) in [4.78, 5) is 2.39. The highest BCUT2D eigenvalue weighted by Gasteiger charge is 2.30. The summed E-state index contributed by atoms with van der Waals surface area (Å²) < 4.78 is 13.2. The number of furan rings is 1. The van der Waals surface area contributed by atoms with Gasteiger partial charge < -0.3 is 18.8 Å². The van der Waals surface area contributed by atoms with Gasteiger partial charge in [0.15, 0.2) is 0 Å². The van der Waals surface area contributed by atoms with E-state index in [1.165, 1.54) is 29.7 Å². The number of hydrogen-bond donors (Lipinski definition) is 1. The third-order valence-corrected chi connectivity index (χ3v) is 5.53. The van der Waals surface area contributed by atoms with Crippen molar-refractivity contribution in [3.63, 3.8) is 0 Å². The number of aliphatic hydroxyl groups excluding tert-OH is 1. The Kier molecular flexibility index (Phi) is 6.49. The van der Waals surface area contributed by atoms with Gasteiger partial charge in [-0.3, -0.25) is 4.90 Å².